The third-order valence-electron chi connectivity index (χ3n) is 1.59. The maximum atomic E-state index is 13.0. The number of hydrogen-bond donors (Lipinski definition) is 2. The average Bonchev–Trinajstić information content (AvgIpc) is 2.18. The number of pyridine rings is 1. The zero-order valence-electron chi connectivity index (χ0n) is 7.53. The highest BCUT2D eigenvalue weighted by Crippen LogP contribution is 2.01. The number of aliphatic hydroxyl groups is 1. The number of nitrogens with one attached hydrogen (secondary N) is 1. The molecule has 0 saturated heterocycles. The van der Waals surface area contributed by atoms with Crippen LogP contribution in [-0.4, -0.2) is 29.1 Å². The van der Waals surface area contributed by atoms with Gasteiger partial charge in [0.25, 0.3) is 5.91 Å². The van der Waals surface area contributed by atoms with Crippen LogP contribution >= 0.6 is 0 Å². The van der Waals surface area contributed by atoms with E-state index in [1.54, 1.807) is 0 Å². The van der Waals surface area contributed by atoms with Gasteiger partial charge in [0, 0.05) is 19.3 Å². The molecule has 0 fully saturated rings. The van der Waals surface area contributed by atoms with E-state index >= 15 is 0 Å². The molecule has 0 radical (unpaired) electrons. The Morgan fingerprint density at radius 2 is 2.43 bits per heavy atom. The van der Waals surface area contributed by atoms with Gasteiger partial charge in [-0.15, -0.1) is 0 Å². The Balaban J connectivity index is 2.56. The van der Waals surface area contributed by atoms with Crippen molar-refractivity contribution in [3.63, 3.8) is 0 Å². The number of aromatic nitrogens is 1. The summed E-state index contributed by atoms with van der Waals surface area (Å²) in [5.74, 6) is -1.20. The van der Waals surface area contributed by atoms with Crippen molar-refractivity contribution in [1.82, 2.24) is 10.3 Å². The zero-order valence-corrected chi connectivity index (χ0v) is 7.53. The molecular weight excluding hydrogens is 187 g/mol. The first-order valence-electron chi connectivity index (χ1n) is 4.25. The van der Waals surface area contributed by atoms with Crippen LogP contribution in [0.2, 0.25) is 0 Å². The van der Waals surface area contributed by atoms with Crippen molar-refractivity contribution in [3.05, 3.63) is 29.8 Å². The van der Waals surface area contributed by atoms with Crippen molar-refractivity contribution in [3.8, 4) is 0 Å². The molecule has 0 aromatic carbocycles. The van der Waals surface area contributed by atoms with Gasteiger partial charge in [-0.3, -0.25) is 4.79 Å². The van der Waals surface area contributed by atoms with E-state index in [9.17, 15) is 9.18 Å². The highest BCUT2D eigenvalue weighted by molar-refractivity contribution is 5.92. The fraction of sp³-hybridized carbons (Fsp3) is 0.333. The predicted molar refractivity (Wildman–Crippen MR) is 48.2 cm³/mol. The fourth-order valence-corrected chi connectivity index (χ4v) is 0.917. The van der Waals surface area contributed by atoms with E-state index in [1.165, 1.54) is 18.3 Å². The van der Waals surface area contributed by atoms with Crippen molar-refractivity contribution in [2.24, 2.45) is 0 Å². The smallest absolute Gasteiger partial charge is 0.272 e. The standard InChI is InChI=1S/C9H11FN2O2/c10-7-3-1-4-11-8(7)9(14)12-5-2-6-13/h1,3-4,13H,2,5-6H2,(H,12,14). The molecule has 1 rings (SSSR count). The molecule has 0 saturated carbocycles. The van der Waals surface area contributed by atoms with E-state index in [4.69, 9.17) is 5.11 Å². The lowest BCUT2D eigenvalue weighted by Gasteiger charge is -2.03. The highest BCUT2D eigenvalue weighted by atomic mass is 19.1. The molecular formula is C9H11FN2O2. The summed E-state index contributed by atoms with van der Waals surface area (Å²) in [6, 6.07) is 2.59. The molecule has 4 nitrogen and oxygen atoms in total. The van der Waals surface area contributed by atoms with Crippen molar-refractivity contribution >= 4 is 5.91 Å². The minimum Gasteiger partial charge on any atom is -0.396 e. The summed E-state index contributed by atoms with van der Waals surface area (Å²) < 4.78 is 13.0. The van der Waals surface area contributed by atoms with Gasteiger partial charge < -0.3 is 10.4 Å². The van der Waals surface area contributed by atoms with Crippen LogP contribution in [0.4, 0.5) is 4.39 Å². The van der Waals surface area contributed by atoms with Crippen LogP contribution in [0.5, 0.6) is 0 Å². The van der Waals surface area contributed by atoms with Crippen LogP contribution in [0, 0.1) is 5.82 Å². The molecule has 76 valence electrons. The largest absolute Gasteiger partial charge is 0.396 e. The normalized spacial score (nSPS) is 9.86. The Labute approximate surface area is 80.8 Å². The van der Waals surface area contributed by atoms with Crippen LogP contribution in [-0.2, 0) is 0 Å². The molecule has 0 spiro atoms. The Morgan fingerprint density at radius 3 is 3.07 bits per heavy atom. The van der Waals surface area contributed by atoms with Gasteiger partial charge in [-0.25, -0.2) is 9.37 Å². The lowest BCUT2D eigenvalue weighted by atomic mass is 10.3. The van der Waals surface area contributed by atoms with Crippen LogP contribution in [0.15, 0.2) is 18.3 Å². The van der Waals surface area contributed by atoms with Gasteiger partial charge in [0.1, 0.15) is 0 Å². The van der Waals surface area contributed by atoms with Crippen molar-refractivity contribution in [1.29, 1.82) is 0 Å². The Kier molecular flexibility index (Phi) is 4.00. The summed E-state index contributed by atoms with van der Waals surface area (Å²) in [7, 11) is 0. The number of aliphatic hydroxyl groups excluding tert-OH is 1. The fourth-order valence-electron chi connectivity index (χ4n) is 0.917. The van der Waals surface area contributed by atoms with Crippen molar-refractivity contribution in [2.75, 3.05) is 13.2 Å². The molecule has 1 aromatic heterocycles. The van der Waals surface area contributed by atoms with Gasteiger partial charge in [-0.2, -0.15) is 0 Å². The molecule has 5 heteroatoms. The zero-order chi connectivity index (χ0) is 10.4. The number of hydrogen-bond acceptors (Lipinski definition) is 3. The van der Waals surface area contributed by atoms with Gasteiger partial charge in [0.2, 0.25) is 0 Å². The van der Waals surface area contributed by atoms with E-state index in [1.807, 2.05) is 0 Å². The van der Waals surface area contributed by atoms with Gasteiger partial charge in [0.05, 0.1) is 0 Å². The summed E-state index contributed by atoms with van der Waals surface area (Å²) in [5, 5.41) is 10.9. The van der Waals surface area contributed by atoms with Gasteiger partial charge in [0.15, 0.2) is 11.5 Å². The number of amides is 1. The molecule has 14 heavy (non-hydrogen) atoms. The second-order valence-electron chi connectivity index (χ2n) is 2.67. The molecule has 0 atom stereocenters. The first-order valence-corrected chi connectivity index (χ1v) is 4.25. The van der Waals surface area contributed by atoms with Crippen LogP contribution in [0.3, 0.4) is 0 Å². The van der Waals surface area contributed by atoms with Crippen molar-refractivity contribution < 1.29 is 14.3 Å². The molecule has 0 bridgehead atoms. The van der Waals surface area contributed by atoms with Gasteiger partial charge in [-0.05, 0) is 18.6 Å². The molecule has 0 aliphatic heterocycles. The number of carbonyl (C=O) groups excluding carboxylic acids is 1. The average molecular weight is 198 g/mol. The van der Waals surface area contributed by atoms with Crippen LogP contribution in [0.1, 0.15) is 16.9 Å². The van der Waals surface area contributed by atoms with E-state index in [-0.39, 0.29) is 12.3 Å². The summed E-state index contributed by atoms with van der Waals surface area (Å²) in [5.41, 5.74) is -0.217. The third kappa shape index (κ3) is 2.77. The number of halogens is 1. The van der Waals surface area contributed by atoms with Crippen LogP contribution in [0.25, 0.3) is 0 Å². The highest BCUT2D eigenvalue weighted by Gasteiger charge is 2.11. The van der Waals surface area contributed by atoms with Crippen molar-refractivity contribution in [2.45, 2.75) is 6.42 Å². The number of nitrogens with zero attached hydrogens (tertiary/aromatic N) is 1. The Hall–Kier alpha value is -1.49. The van der Waals surface area contributed by atoms with Gasteiger partial charge >= 0.3 is 0 Å². The van der Waals surface area contributed by atoms with E-state index in [0.717, 1.165) is 0 Å². The maximum absolute atomic E-state index is 13.0. The lowest BCUT2D eigenvalue weighted by Crippen LogP contribution is -2.26. The maximum Gasteiger partial charge on any atom is 0.272 e. The Bertz CT molecular complexity index is 317. The predicted octanol–water partition coefficient (Wildman–Crippen LogP) is 0.333. The third-order valence-corrected chi connectivity index (χ3v) is 1.59. The molecule has 1 amide bonds. The number of carbonyl (C=O) groups is 1. The topological polar surface area (TPSA) is 62.2 Å². The quantitative estimate of drug-likeness (QED) is 0.685. The summed E-state index contributed by atoms with van der Waals surface area (Å²) in [6.07, 6.45) is 1.80. The number of rotatable bonds is 4. The van der Waals surface area contributed by atoms with E-state index < -0.39 is 11.7 Å². The minimum absolute atomic E-state index is 0.00895. The minimum atomic E-state index is -0.644. The SMILES string of the molecule is O=C(NCCCO)c1ncccc1F. The molecule has 0 aliphatic rings. The van der Waals surface area contributed by atoms with Gasteiger partial charge in [-0.1, -0.05) is 0 Å². The summed E-state index contributed by atoms with van der Waals surface area (Å²) in [4.78, 5) is 14.9. The second kappa shape index (κ2) is 5.29. The molecule has 0 unspecified atom stereocenters. The first kappa shape index (κ1) is 10.6. The van der Waals surface area contributed by atoms with E-state index in [2.05, 4.69) is 10.3 Å². The lowest BCUT2D eigenvalue weighted by molar-refractivity contribution is 0.0941. The Morgan fingerprint density at radius 1 is 1.64 bits per heavy atom. The second-order valence-corrected chi connectivity index (χ2v) is 2.67. The summed E-state index contributed by atoms with van der Waals surface area (Å²) in [6.45, 7) is 0.302. The first-order chi connectivity index (χ1) is 6.75. The van der Waals surface area contributed by atoms with Crippen LogP contribution < -0.4 is 5.32 Å². The molecule has 1 aromatic rings. The molecule has 1 heterocycles. The monoisotopic (exact) mass is 198 g/mol. The molecule has 2 N–H and O–H groups in total. The molecule has 0 aliphatic carbocycles. The van der Waals surface area contributed by atoms with E-state index in [0.29, 0.717) is 13.0 Å². The summed E-state index contributed by atoms with van der Waals surface area (Å²) >= 11 is 0.